The summed E-state index contributed by atoms with van der Waals surface area (Å²) in [6, 6.07) is 6.15. The average molecular weight is 506 g/mol. The molecule has 9 heteroatoms. The highest BCUT2D eigenvalue weighted by Crippen LogP contribution is 2.31. The predicted molar refractivity (Wildman–Crippen MR) is 86.7 cm³/mol. The van der Waals surface area contributed by atoms with Crippen LogP contribution in [0.15, 0.2) is 48.6 Å². The number of halogens is 5. The summed E-state index contributed by atoms with van der Waals surface area (Å²) in [6.45, 7) is 0. The zero-order chi connectivity index (χ0) is 15.8. The number of hydrogen-bond acceptors (Lipinski definition) is 2. The highest BCUT2D eigenvalue weighted by molar-refractivity contribution is 9.11. The largest absolute Gasteiger partial charge is 0.278 e. The molecule has 21 heavy (non-hydrogen) atoms. The SMILES string of the molecule is O=S(=O)(Nc1ccc(Br)cc1Br)c1c(F)cc(F)cc1Br. The van der Waals surface area contributed by atoms with E-state index in [2.05, 4.69) is 52.5 Å². The topological polar surface area (TPSA) is 46.2 Å². The Balaban J connectivity index is 2.48. The van der Waals surface area contributed by atoms with Crippen molar-refractivity contribution in [3.05, 3.63) is 55.4 Å². The van der Waals surface area contributed by atoms with Gasteiger partial charge in [0.2, 0.25) is 0 Å². The number of sulfonamides is 1. The molecule has 0 fully saturated rings. The van der Waals surface area contributed by atoms with E-state index in [-0.39, 0.29) is 10.2 Å². The van der Waals surface area contributed by atoms with Gasteiger partial charge in [0.15, 0.2) is 0 Å². The van der Waals surface area contributed by atoms with Crippen molar-refractivity contribution in [2.45, 2.75) is 4.90 Å². The molecule has 3 nitrogen and oxygen atoms in total. The van der Waals surface area contributed by atoms with Gasteiger partial charge in [-0.2, -0.15) is 0 Å². The van der Waals surface area contributed by atoms with Crippen LogP contribution in [-0.4, -0.2) is 8.42 Å². The van der Waals surface area contributed by atoms with Gasteiger partial charge in [-0.15, -0.1) is 0 Å². The standard InChI is InChI=1S/C12H6Br3F2NO2S/c13-6-1-2-11(8(14)3-6)18-21(19,20)12-9(15)4-7(16)5-10(12)17/h1-5,18H. The molecule has 2 rings (SSSR count). The third-order valence-electron chi connectivity index (χ3n) is 2.41. The third kappa shape index (κ3) is 3.82. The van der Waals surface area contributed by atoms with Crippen molar-refractivity contribution < 1.29 is 17.2 Å². The number of anilines is 1. The van der Waals surface area contributed by atoms with Crippen LogP contribution in [0.5, 0.6) is 0 Å². The number of nitrogens with one attached hydrogen (secondary N) is 1. The molecule has 0 saturated heterocycles. The van der Waals surface area contributed by atoms with E-state index in [4.69, 9.17) is 0 Å². The minimum Gasteiger partial charge on any atom is -0.278 e. The molecular weight excluding hydrogens is 500 g/mol. The molecule has 0 atom stereocenters. The maximum Gasteiger partial charge on any atom is 0.265 e. The summed E-state index contributed by atoms with van der Waals surface area (Å²) < 4.78 is 54.6. The molecule has 0 aliphatic rings. The first-order chi connectivity index (χ1) is 9.70. The molecule has 2 aromatic carbocycles. The molecule has 0 saturated carbocycles. The first-order valence-electron chi connectivity index (χ1n) is 5.33. The summed E-state index contributed by atoms with van der Waals surface area (Å²) in [5.41, 5.74) is 0.230. The maximum absolute atomic E-state index is 13.8. The van der Waals surface area contributed by atoms with Gasteiger partial charge in [0, 0.05) is 19.5 Å². The molecule has 0 heterocycles. The first-order valence-corrected chi connectivity index (χ1v) is 9.19. The van der Waals surface area contributed by atoms with Crippen molar-refractivity contribution in [3.63, 3.8) is 0 Å². The van der Waals surface area contributed by atoms with E-state index >= 15 is 0 Å². The fourth-order valence-corrected chi connectivity index (χ4v) is 5.08. The Morgan fingerprint density at radius 2 is 1.62 bits per heavy atom. The van der Waals surface area contributed by atoms with E-state index in [0.717, 1.165) is 10.5 Å². The minimum atomic E-state index is -4.21. The Morgan fingerprint density at radius 3 is 2.19 bits per heavy atom. The summed E-state index contributed by atoms with van der Waals surface area (Å²) in [4.78, 5) is -0.654. The van der Waals surface area contributed by atoms with Gasteiger partial charge in [-0.3, -0.25) is 4.72 Å². The van der Waals surface area contributed by atoms with Crippen molar-refractivity contribution in [2.75, 3.05) is 4.72 Å². The average Bonchev–Trinajstić information content (AvgIpc) is 2.30. The van der Waals surface area contributed by atoms with Crippen LogP contribution in [0.3, 0.4) is 0 Å². The predicted octanol–water partition coefficient (Wildman–Crippen LogP) is 5.05. The molecule has 0 unspecified atom stereocenters. The van der Waals surface area contributed by atoms with Gasteiger partial charge in [0.1, 0.15) is 16.5 Å². The second kappa shape index (κ2) is 6.31. The smallest absolute Gasteiger partial charge is 0.265 e. The van der Waals surface area contributed by atoms with Crippen LogP contribution in [-0.2, 0) is 10.0 Å². The first kappa shape index (κ1) is 16.9. The van der Waals surface area contributed by atoms with Crippen LogP contribution < -0.4 is 4.72 Å². The molecule has 0 aromatic heterocycles. The quantitative estimate of drug-likeness (QED) is 0.634. The zero-order valence-corrected chi connectivity index (χ0v) is 15.6. The lowest BCUT2D eigenvalue weighted by atomic mass is 10.3. The monoisotopic (exact) mass is 503 g/mol. The highest BCUT2D eigenvalue weighted by atomic mass is 79.9. The van der Waals surface area contributed by atoms with Gasteiger partial charge in [-0.25, -0.2) is 17.2 Å². The van der Waals surface area contributed by atoms with Crippen molar-refractivity contribution in [2.24, 2.45) is 0 Å². The summed E-state index contributed by atoms with van der Waals surface area (Å²) in [5.74, 6) is -2.05. The van der Waals surface area contributed by atoms with Gasteiger partial charge in [-0.1, -0.05) is 15.9 Å². The van der Waals surface area contributed by atoms with E-state index in [1.165, 1.54) is 6.07 Å². The Hall–Kier alpha value is -0.510. The minimum absolute atomic E-state index is 0.194. The second-order valence-corrected chi connectivity index (χ2v) is 8.17. The van der Waals surface area contributed by atoms with Crippen molar-refractivity contribution in [1.82, 2.24) is 0 Å². The Labute approximate surface area is 145 Å². The van der Waals surface area contributed by atoms with E-state index in [0.29, 0.717) is 10.5 Å². The molecule has 112 valence electrons. The van der Waals surface area contributed by atoms with Crippen molar-refractivity contribution in [3.8, 4) is 0 Å². The van der Waals surface area contributed by atoms with Crippen LogP contribution in [0, 0.1) is 11.6 Å². The van der Waals surface area contributed by atoms with E-state index < -0.39 is 26.6 Å². The van der Waals surface area contributed by atoms with Crippen molar-refractivity contribution >= 4 is 63.5 Å². The van der Waals surface area contributed by atoms with Crippen LogP contribution in [0.2, 0.25) is 0 Å². The van der Waals surface area contributed by atoms with Gasteiger partial charge in [-0.05, 0) is 56.1 Å². The summed E-state index contributed by atoms with van der Waals surface area (Å²) in [5, 5.41) is 0. The normalized spacial score (nSPS) is 11.5. The molecule has 0 radical (unpaired) electrons. The lowest BCUT2D eigenvalue weighted by molar-refractivity contribution is 0.548. The second-order valence-electron chi connectivity index (χ2n) is 3.93. The lowest BCUT2D eigenvalue weighted by Gasteiger charge is -2.12. The van der Waals surface area contributed by atoms with Gasteiger partial charge < -0.3 is 0 Å². The summed E-state index contributed by atoms with van der Waals surface area (Å²) >= 11 is 9.29. The molecule has 0 spiro atoms. The molecular formula is C12H6Br3F2NO2S. The van der Waals surface area contributed by atoms with Gasteiger partial charge in [0.05, 0.1) is 5.69 Å². The summed E-state index contributed by atoms with van der Waals surface area (Å²) in [7, 11) is -4.21. The van der Waals surface area contributed by atoms with Crippen LogP contribution in [0.4, 0.5) is 14.5 Å². The fraction of sp³-hybridized carbons (Fsp3) is 0. The number of rotatable bonds is 3. The molecule has 2 aromatic rings. The molecule has 0 aliphatic carbocycles. The number of benzene rings is 2. The van der Waals surface area contributed by atoms with Gasteiger partial charge in [0.25, 0.3) is 10.0 Å². The van der Waals surface area contributed by atoms with Crippen LogP contribution in [0.25, 0.3) is 0 Å². The van der Waals surface area contributed by atoms with E-state index in [1.54, 1.807) is 12.1 Å². The lowest BCUT2D eigenvalue weighted by Crippen LogP contribution is -2.16. The van der Waals surface area contributed by atoms with Crippen LogP contribution in [0.1, 0.15) is 0 Å². The van der Waals surface area contributed by atoms with E-state index in [9.17, 15) is 17.2 Å². The van der Waals surface area contributed by atoms with Crippen molar-refractivity contribution in [1.29, 1.82) is 0 Å². The molecule has 1 N–H and O–H groups in total. The van der Waals surface area contributed by atoms with Crippen LogP contribution >= 0.6 is 47.8 Å². The zero-order valence-electron chi connectivity index (χ0n) is 10.0. The molecule has 0 aliphatic heterocycles. The maximum atomic E-state index is 13.8. The number of hydrogen-bond donors (Lipinski definition) is 1. The summed E-state index contributed by atoms with van der Waals surface area (Å²) in [6.07, 6.45) is 0. The Kier molecular flexibility index (Phi) is 5.07. The van der Waals surface area contributed by atoms with E-state index in [1.807, 2.05) is 0 Å². The Bertz CT molecular complexity index is 789. The highest BCUT2D eigenvalue weighted by Gasteiger charge is 2.24. The van der Waals surface area contributed by atoms with Gasteiger partial charge >= 0.3 is 0 Å². The Morgan fingerprint density at radius 1 is 0.952 bits per heavy atom. The molecule has 0 amide bonds. The molecule has 0 bridgehead atoms. The third-order valence-corrected chi connectivity index (χ3v) is 5.89. The fourth-order valence-electron chi connectivity index (χ4n) is 1.55.